The van der Waals surface area contributed by atoms with E-state index >= 15 is 0 Å². The van der Waals surface area contributed by atoms with Crippen molar-refractivity contribution in [3.8, 4) is 0 Å². The summed E-state index contributed by atoms with van der Waals surface area (Å²) in [5.41, 5.74) is 3.42. The lowest BCUT2D eigenvalue weighted by molar-refractivity contribution is 0.570. The van der Waals surface area contributed by atoms with Gasteiger partial charge in [0.1, 0.15) is 0 Å². The highest BCUT2D eigenvalue weighted by atomic mass is 32.2. The highest BCUT2D eigenvalue weighted by Crippen LogP contribution is 2.50. The van der Waals surface area contributed by atoms with Gasteiger partial charge >= 0.3 is 0 Å². The van der Waals surface area contributed by atoms with Crippen molar-refractivity contribution >= 4 is 27.5 Å². The van der Waals surface area contributed by atoms with Crippen molar-refractivity contribution in [2.45, 2.75) is 49.7 Å². The van der Waals surface area contributed by atoms with E-state index in [-0.39, 0.29) is 0 Å². The molecule has 1 saturated heterocycles. The Labute approximate surface area is 155 Å². The zero-order valence-electron chi connectivity index (χ0n) is 14.6. The molecule has 1 aromatic carbocycles. The number of unbranched alkanes of at least 4 members (excludes halogenated alkanes) is 2. The Kier molecular flexibility index (Phi) is 6.02. The first-order valence-corrected chi connectivity index (χ1v) is 11.7. The summed E-state index contributed by atoms with van der Waals surface area (Å²) >= 11 is 1.95. The first kappa shape index (κ1) is 18.7. The second-order valence-electron chi connectivity index (χ2n) is 6.99. The van der Waals surface area contributed by atoms with Gasteiger partial charge in [-0.2, -0.15) is 0 Å². The third-order valence-corrected chi connectivity index (χ3v) is 7.00. The van der Waals surface area contributed by atoms with Gasteiger partial charge in [0.15, 0.2) is 0 Å². The molecule has 0 bridgehead atoms. The van der Waals surface area contributed by atoms with Gasteiger partial charge in [-0.05, 0) is 41.4 Å². The lowest BCUT2D eigenvalue weighted by Gasteiger charge is -2.14. The van der Waals surface area contributed by atoms with Gasteiger partial charge in [-0.1, -0.05) is 37.1 Å². The minimum absolute atomic E-state index is 0.459. The summed E-state index contributed by atoms with van der Waals surface area (Å²) in [6.45, 7) is 0.537. The van der Waals surface area contributed by atoms with Crippen LogP contribution in [-0.4, -0.2) is 32.2 Å². The van der Waals surface area contributed by atoms with E-state index in [0.29, 0.717) is 23.4 Å². The molecular formula is C19H26N2O2S2. The Bertz CT molecular complexity index is 771. The SMILES string of the molecule is CS(=O)(=O)NCCCCCC1CC2C(=CC(=N)Cc3ccccc32)S1. The summed E-state index contributed by atoms with van der Waals surface area (Å²) in [6.07, 6.45) is 9.42. The Morgan fingerprint density at radius 1 is 1.24 bits per heavy atom. The van der Waals surface area contributed by atoms with Gasteiger partial charge in [-0.15, -0.1) is 11.8 Å². The highest BCUT2D eigenvalue weighted by molar-refractivity contribution is 8.04. The second kappa shape index (κ2) is 8.06. The Hall–Kier alpha value is -1.11. The van der Waals surface area contributed by atoms with E-state index in [0.717, 1.165) is 38.5 Å². The topological polar surface area (TPSA) is 70.0 Å². The van der Waals surface area contributed by atoms with Crippen LogP contribution in [0.1, 0.15) is 49.1 Å². The van der Waals surface area contributed by atoms with E-state index in [4.69, 9.17) is 5.41 Å². The van der Waals surface area contributed by atoms with E-state index < -0.39 is 10.0 Å². The number of rotatable bonds is 7. The molecule has 1 aliphatic heterocycles. The van der Waals surface area contributed by atoms with Crippen molar-refractivity contribution in [2.24, 2.45) is 0 Å². The Balaban J connectivity index is 1.52. The molecule has 2 unspecified atom stereocenters. The molecule has 2 atom stereocenters. The fourth-order valence-corrected chi connectivity index (χ4v) is 5.76. The van der Waals surface area contributed by atoms with E-state index in [2.05, 4.69) is 35.1 Å². The Morgan fingerprint density at radius 3 is 2.84 bits per heavy atom. The third-order valence-electron chi connectivity index (χ3n) is 4.84. The van der Waals surface area contributed by atoms with Gasteiger partial charge in [0.2, 0.25) is 10.0 Å². The van der Waals surface area contributed by atoms with Crippen LogP contribution in [0.4, 0.5) is 0 Å². The van der Waals surface area contributed by atoms with Crippen molar-refractivity contribution < 1.29 is 8.42 Å². The molecule has 6 heteroatoms. The molecule has 1 aromatic rings. The van der Waals surface area contributed by atoms with Crippen LogP contribution in [0.3, 0.4) is 0 Å². The predicted molar refractivity (Wildman–Crippen MR) is 106 cm³/mol. The molecule has 1 heterocycles. The molecule has 0 amide bonds. The molecule has 3 rings (SSSR count). The molecule has 0 saturated carbocycles. The first-order valence-electron chi connectivity index (χ1n) is 8.90. The maximum atomic E-state index is 11.0. The van der Waals surface area contributed by atoms with Crippen LogP contribution in [0, 0.1) is 5.41 Å². The monoisotopic (exact) mass is 378 g/mol. The molecule has 2 N–H and O–H groups in total. The van der Waals surface area contributed by atoms with E-state index in [1.54, 1.807) is 0 Å². The van der Waals surface area contributed by atoms with Gasteiger partial charge in [0.05, 0.1) is 6.26 Å². The van der Waals surface area contributed by atoms with E-state index in [1.165, 1.54) is 22.3 Å². The summed E-state index contributed by atoms with van der Waals surface area (Å²) in [4.78, 5) is 1.36. The molecule has 4 nitrogen and oxygen atoms in total. The van der Waals surface area contributed by atoms with Crippen molar-refractivity contribution in [3.63, 3.8) is 0 Å². The number of allylic oxidation sites excluding steroid dienone is 2. The zero-order chi connectivity index (χ0) is 17.9. The molecule has 0 spiro atoms. The average molecular weight is 379 g/mol. The molecule has 136 valence electrons. The summed E-state index contributed by atoms with van der Waals surface area (Å²) in [5, 5.41) is 8.80. The Morgan fingerprint density at radius 2 is 2.04 bits per heavy atom. The number of nitrogens with one attached hydrogen (secondary N) is 2. The normalized spacial score (nSPS) is 22.9. The van der Waals surface area contributed by atoms with Gasteiger partial charge in [-0.25, -0.2) is 13.1 Å². The number of fused-ring (bicyclic) bond motifs is 3. The van der Waals surface area contributed by atoms with Gasteiger partial charge in [0.25, 0.3) is 0 Å². The largest absolute Gasteiger partial charge is 0.305 e. The molecule has 25 heavy (non-hydrogen) atoms. The van der Waals surface area contributed by atoms with Crippen LogP contribution in [0.5, 0.6) is 0 Å². The lowest BCUT2D eigenvalue weighted by atomic mass is 9.90. The van der Waals surface area contributed by atoms with Crippen LogP contribution < -0.4 is 4.72 Å². The van der Waals surface area contributed by atoms with Gasteiger partial charge in [0, 0.05) is 29.8 Å². The van der Waals surface area contributed by atoms with Crippen LogP contribution in [-0.2, 0) is 16.4 Å². The van der Waals surface area contributed by atoms with Crippen LogP contribution in [0.25, 0.3) is 0 Å². The smallest absolute Gasteiger partial charge is 0.208 e. The van der Waals surface area contributed by atoms with Crippen LogP contribution >= 0.6 is 11.8 Å². The summed E-state index contributed by atoms with van der Waals surface area (Å²) < 4.78 is 24.6. The number of sulfonamides is 1. The molecule has 1 fully saturated rings. The minimum atomic E-state index is -3.06. The zero-order valence-corrected chi connectivity index (χ0v) is 16.3. The molecule has 0 aromatic heterocycles. The maximum Gasteiger partial charge on any atom is 0.208 e. The summed E-state index contributed by atoms with van der Waals surface area (Å²) in [6, 6.07) is 8.57. The van der Waals surface area contributed by atoms with Crippen molar-refractivity contribution in [2.75, 3.05) is 12.8 Å². The van der Waals surface area contributed by atoms with Crippen LogP contribution in [0.2, 0.25) is 0 Å². The molecule has 2 aliphatic rings. The fourth-order valence-electron chi connectivity index (χ4n) is 3.69. The standard InChI is InChI=1S/C19H26N2O2S2/c1-25(22,23)21-10-6-2-3-8-16-13-18-17-9-5-4-7-14(17)11-15(20)12-19(18)24-16/h4-5,7,9,12,16,18,20-21H,2-3,6,8,10-11,13H2,1H3. The highest BCUT2D eigenvalue weighted by Gasteiger charge is 2.33. The number of hydrogen-bond donors (Lipinski definition) is 2. The number of benzene rings is 1. The molecular weight excluding hydrogens is 352 g/mol. The maximum absolute atomic E-state index is 11.0. The van der Waals surface area contributed by atoms with Crippen molar-refractivity contribution in [1.29, 1.82) is 5.41 Å². The lowest BCUT2D eigenvalue weighted by Crippen LogP contribution is -2.22. The van der Waals surface area contributed by atoms with Crippen molar-refractivity contribution in [1.82, 2.24) is 4.72 Å². The third kappa shape index (κ3) is 5.19. The van der Waals surface area contributed by atoms with E-state index in [1.807, 2.05) is 11.8 Å². The van der Waals surface area contributed by atoms with Gasteiger partial charge < -0.3 is 5.41 Å². The summed E-state index contributed by atoms with van der Waals surface area (Å²) in [5.74, 6) is 0.459. The van der Waals surface area contributed by atoms with Crippen molar-refractivity contribution in [3.05, 3.63) is 46.4 Å². The number of hydrogen-bond acceptors (Lipinski definition) is 4. The predicted octanol–water partition coefficient (Wildman–Crippen LogP) is 3.85. The first-order chi connectivity index (χ1) is 11.9. The molecule has 1 aliphatic carbocycles. The second-order valence-corrected chi connectivity index (χ2v) is 10.2. The molecule has 0 radical (unpaired) electrons. The quantitative estimate of drug-likeness (QED) is 0.708. The minimum Gasteiger partial charge on any atom is -0.305 e. The van der Waals surface area contributed by atoms with Gasteiger partial charge in [-0.3, -0.25) is 0 Å². The summed E-state index contributed by atoms with van der Waals surface area (Å²) in [7, 11) is -3.06. The number of thioether (sulfide) groups is 1. The van der Waals surface area contributed by atoms with Crippen LogP contribution in [0.15, 0.2) is 35.2 Å². The average Bonchev–Trinajstić information content (AvgIpc) is 2.87. The van der Waals surface area contributed by atoms with E-state index in [9.17, 15) is 8.42 Å². The fraction of sp³-hybridized carbons (Fsp3) is 0.526.